The molecule has 0 heterocycles. The van der Waals surface area contributed by atoms with Crippen molar-refractivity contribution in [1.29, 1.82) is 0 Å². The van der Waals surface area contributed by atoms with Gasteiger partial charge in [-0.1, -0.05) is 78.9 Å². The highest BCUT2D eigenvalue weighted by molar-refractivity contribution is 5.89. The lowest BCUT2D eigenvalue weighted by Crippen LogP contribution is -2.30. The molecule has 3 aromatic rings. The fourth-order valence-electron chi connectivity index (χ4n) is 2.52. The number of hydrogen-bond donors (Lipinski definition) is 0. The Kier molecular flexibility index (Phi) is 4.71. The van der Waals surface area contributed by atoms with Gasteiger partial charge in [-0.3, -0.25) is 0 Å². The summed E-state index contributed by atoms with van der Waals surface area (Å²) in [6.45, 7) is 0. The Morgan fingerprint density at radius 2 is 1.29 bits per heavy atom. The summed E-state index contributed by atoms with van der Waals surface area (Å²) in [4.78, 5) is 12.4. The van der Waals surface area contributed by atoms with Crippen LogP contribution in [-0.2, 0) is 17.0 Å². The van der Waals surface area contributed by atoms with E-state index in [1.165, 1.54) is 0 Å². The first-order valence-electron chi connectivity index (χ1n) is 7.74. The Hall–Kier alpha value is -2.94. The molecular weight excluding hydrogens is 303 g/mol. The first-order chi connectivity index (χ1) is 11.7. The van der Waals surface area contributed by atoms with E-state index in [4.69, 9.17) is 4.74 Å². The number of carbonyl (C=O) groups is 1. The summed E-state index contributed by atoms with van der Waals surface area (Å²) in [6, 6.07) is 26.1. The number of benzene rings is 3. The van der Waals surface area contributed by atoms with Crippen molar-refractivity contribution in [3.8, 4) is 0 Å². The summed E-state index contributed by atoms with van der Waals surface area (Å²) in [7, 11) is 0. The van der Waals surface area contributed by atoms with E-state index in [0.29, 0.717) is 11.1 Å². The van der Waals surface area contributed by atoms with E-state index in [-0.39, 0.29) is 6.42 Å². The van der Waals surface area contributed by atoms with Gasteiger partial charge in [-0.25, -0.2) is 4.79 Å². The van der Waals surface area contributed by atoms with Crippen LogP contribution in [0.25, 0.3) is 0 Å². The molecule has 0 unspecified atom stereocenters. The Labute approximate surface area is 140 Å². The molecular formula is C21H17FO2. The van der Waals surface area contributed by atoms with Crippen molar-refractivity contribution in [2.24, 2.45) is 0 Å². The zero-order chi connectivity index (χ0) is 16.8. The first kappa shape index (κ1) is 15.9. The molecule has 0 fully saturated rings. The molecule has 0 aromatic heterocycles. The van der Waals surface area contributed by atoms with Gasteiger partial charge in [-0.2, -0.15) is 4.39 Å². The number of rotatable bonds is 5. The van der Waals surface area contributed by atoms with Gasteiger partial charge >= 0.3 is 5.97 Å². The third-order valence-electron chi connectivity index (χ3n) is 3.74. The third kappa shape index (κ3) is 3.69. The number of esters is 1. The van der Waals surface area contributed by atoms with Crippen LogP contribution in [0.2, 0.25) is 0 Å². The topological polar surface area (TPSA) is 26.3 Å². The first-order valence-corrected chi connectivity index (χ1v) is 7.74. The lowest BCUT2D eigenvalue weighted by Gasteiger charge is -2.26. The van der Waals surface area contributed by atoms with Gasteiger partial charge in [-0.05, 0) is 17.7 Å². The summed E-state index contributed by atoms with van der Waals surface area (Å²) >= 11 is 0. The van der Waals surface area contributed by atoms with Gasteiger partial charge in [0.15, 0.2) is 0 Å². The quantitative estimate of drug-likeness (QED) is 0.624. The average molecular weight is 320 g/mol. The molecule has 0 N–H and O–H groups in total. The normalized spacial score (nSPS) is 13.0. The second-order valence-electron chi connectivity index (χ2n) is 5.51. The minimum atomic E-state index is -2.23. The molecule has 0 spiro atoms. The molecule has 1 atom stereocenters. The van der Waals surface area contributed by atoms with Crippen molar-refractivity contribution >= 4 is 5.97 Å². The molecule has 0 aliphatic carbocycles. The number of alkyl halides is 1. The molecule has 0 amide bonds. The number of carbonyl (C=O) groups excluding carboxylic acids is 1. The van der Waals surface area contributed by atoms with Crippen molar-refractivity contribution in [2.75, 3.05) is 0 Å². The number of halogens is 1. The Balaban J connectivity index is 1.92. The summed E-state index contributed by atoms with van der Waals surface area (Å²) in [5, 5.41) is 0. The molecule has 0 saturated heterocycles. The van der Waals surface area contributed by atoms with Crippen molar-refractivity contribution in [1.82, 2.24) is 0 Å². The molecule has 3 rings (SSSR count). The largest absolute Gasteiger partial charge is 0.420 e. The monoisotopic (exact) mass is 320 g/mol. The van der Waals surface area contributed by atoms with E-state index >= 15 is 4.39 Å². The molecule has 0 radical (unpaired) electrons. The van der Waals surface area contributed by atoms with Gasteiger partial charge in [0, 0.05) is 12.0 Å². The van der Waals surface area contributed by atoms with Gasteiger partial charge < -0.3 is 4.74 Å². The number of ether oxygens (including phenoxy) is 1. The predicted octanol–water partition coefficient (Wildman–Crippen LogP) is 4.91. The molecule has 0 saturated carbocycles. The highest BCUT2D eigenvalue weighted by Gasteiger charge is 2.37. The molecule has 0 bridgehead atoms. The van der Waals surface area contributed by atoms with Crippen LogP contribution >= 0.6 is 0 Å². The van der Waals surface area contributed by atoms with Crippen LogP contribution < -0.4 is 0 Å². The average Bonchev–Trinajstić information content (AvgIpc) is 2.64. The van der Waals surface area contributed by atoms with Crippen molar-refractivity contribution in [3.63, 3.8) is 0 Å². The van der Waals surface area contributed by atoms with E-state index in [1.807, 2.05) is 30.3 Å². The lowest BCUT2D eigenvalue weighted by molar-refractivity contribution is -0.110. The number of hydrogen-bond acceptors (Lipinski definition) is 2. The van der Waals surface area contributed by atoms with E-state index in [2.05, 4.69) is 0 Å². The minimum Gasteiger partial charge on any atom is -0.420 e. The van der Waals surface area contributed by atoms with Crippen LogP contribution in [0.5, 0.6) is 0 Å². The van der Waals surface area contributed by atoms with E-state index in [0.717, 1.165) is 5.56 Å². The minimum absolute atomic E-state index is 0.0452. The fraction of sp³-hybridized carbons (Fsp3) is 0.0952. The molecule has 3 aromatic carbocycles. The highest BCUT2D eigenvalue weighted by atomic mass is 19.2. The third-order valence-corrected chi connectivity index (χ3v) is 3.74. The Morgan fingerprint density at radius 1 is 0.792 bits per heavy atom. The molecule has 24 heavy (non-hydrogen) atoms. The van der Waals surface area contributed by atoms with Gasteiger partial charge in [0.2, 0.25) is 0 Å². The molecule has 2 nitrogen and oxygen atoms in total. The Morgan fingerprint density at radius 3 is 1.88 bits per heavy atom. The van der Waals surface area contributed by atoms with E-state index in [1.54, 1.807) is 60.7 Å². The van der Waals surface area contributed by atoms with Gasteiger partial charge in [-0.15, -0.1) is 0 Å². The smallest absolute Gasteiger partial charge is 0.341 e. The van der Waals surface area contributed by atoms with Crippen LogP contribution in [0.4, 0.5) is 4.39 Å². The molecule has 120 valence electrons. The van der Waals surface area contributed by atoms with Gasteiger partial charge in [0.25, 0.3) is 5.85 Å². The van der Waals surface area contributed by atoms with Crippen molar-refractivity contribution in [3.05, 3.63) is 108 Å². The second-order valence-corrected chi connectivity index (χ2v) is 5.51. The summed E-state index contributed by atoms with van der Waals surface area (Å²) < 4.78 is 21.0. The SMILES string of the molecule is O=C(O[C@](F)(Cc1ccccc1)c1ccccc1)c1ccccc1. The van der Waals surface area contributed by atoms with Crippen molar-refractivity contribution < 1.29 is 13.9 Å². The van der Waals surface area contributed by atoms with Crippen LogP contribution in [0.1, 0.15) is 21.5 Å². The lowest BCUT2D eigenvalue weighted by atomic mass is 9.99. The molecule has 0 aliphatic rings. The maximum atomic E-state index is 15.7. The summed E-state index contributed by atoms with van der Waals surface area (Å²) in [6.07, 6.45) is -0.0452. The van der Waals surface area contributed by atoms with E-state index in [9.17, 15) is 4.79 Å². The summed E-state index contributed by atoms with van der Waals surface area (Å²) in [5.74, 6) is -2.91. The molecule has 0 aliphatic heterocycles. The maximum Gasteiger partial charge on any atom is 0.341 e. The van der Waals surface area contributed by atoms with Gasteiger partial charge in [0.05, 0.1) is 5.56 Å². The maximum absolute atomic E-state index is 15.7. The van der Waals surface area contributed by atoms with Gasteiger partial charge in [0.1, 0.15) is 0 Å². The Bertz CT molecular complexity index is 788. The summed E-state index contributed by atoms with van der Waals surface area (Å²) in [5.41, 5.74) is 1.39. The second kappa shape index (κ2) is 7.09. The van der Waals surface area contributed by atoms with Crippen LogP contribution in [-0.4, -0.2) is 5.97 Å². The van der Waals surface area contributed by atoms with Crippen LogP contribution in [0.3, 0.4) is 0 Å². The predicted molar refractivity (Wildman–Crippen MR) is 91.2 cm³/mol. The highest BCUT2D eigenvalue weighted by Crippen LogP contribution is 2.32. The van der Waals surface area contributed by atoms with E-state index < -0.39 is 11.8 Å². The zero-order valence-corrected chi connectivity index (χ0v) is 13.1. The standard InChI is InChI=1S/C21H17FO2/c22-21(19-14-8-3-9-15-19,16-17-10-4-1-5-11-17)24-20(23)18-12-6-2-7-13-18/h1-15H,16H2/t21-/m1/s1. The molecule has 3 heteroatoms. The fourth-order valence-corrected chi connectivity index (χ4v) is 2.52. The van der Waals surface area contributed by atoms with Crippen molar-refractivity contribution in [2.45, 2.75) is 12.3 Å². The van der Waals surface area contributed by atoms with Crippen LogP contribution in [0, 0.1) is 0 Å². The van der Waals surface area contributed by atoms with Crippen LogP contribution in [0.15, 0.2) is 91.0 Å². The zero-order valence-electron chi connectivity index (χ0n) is 13.1.